The van der Waals surface area contributed by atoms with E-state index in [1.807, 2.05) is 95.0 Å². The topological polar surface area (TPSA) is 203 Å². The summed E-state index contributed by atoms with van der Waals surface area (Å²) < 4.78 is 29.5. The van der Waals surface area contributed by atoms with E-state index in [1.165, 1.54) is 17.0 Å². The van der Waals surface area contributed by atoms with Crippen LogP contribution in [0, 0.1) is 18.2 Å². The molecule has 9 rings (SSSR count). The second-order valence-corrected chi connectivity index (χ2v) is 22.2. The third kappa shape index (κ3) is 11.6. The van der Waals surface area contributed by atoms with Crippen LogP contribution in [0.2, 0.25) is 5.02 Å². The van der Waals surface area contributed by atoms with Gasteiger partial charge in [-0.05, 0) is 77.9 Å². The molecule has 0 saturated carbocycles. The van der Waals surface area contributed by atoms with E-state index in [-0.39, 0.29) is 65.5 Å². The van der Waals surface area contributed by atoms with Crippen LogP contribution < -0.4 is 20.3 Å². The number of carbonyl (C=O) groups is 4. The maximum atomic E-state index is 17.1. The summed E-state index contributed by atoms with van der Waals surface area (Å²) in [4.78, 5) is 75.9. The number of rotatable bonds is 16. The van der Waals surface area contributed by atoms with Gasteiger partial charge in [-0.2, -0.15) is 9.97 Å². The predicted octanol–water partition coefficient (Wildman–Crippen LogP) is 7.05. The molecule has 400 valence electrons. The van der Waals surface area contributed by atoms with Gasteiger partial charge < -0.3 is 45.0 Å². The summed E-state index contributed by atoms with van der Waals surface area (Å²) in [6, 6.07) is 17.5. The molecule has 20 heteroatoms. The van der Waals surface area contributed by atoms with E-state index in [9.17, 15) is 29.4 Å². The molecule has 4 amide bonds. The molecule has 0 radical (unpaired) electrons. The zero-order valence-corrected chi connectivity index (χ0v) is 45.0. The highest BCUT2D eigenvalue weighted by molar-refractivity contribution is 7.13. The highest BCUT2D eigenvalue weighted by Crippen LogP contribution is 2.43. The number of halogens is 2. The lowest BCUT2D eigenvalue weighted by Crippen LogP contribution is -2.59. The van der Waals surface area contributed by atoms with Crippen LogP contribution in [-0.4, -0.2) is 153 Å². The Morgan fingerprint density at radius 1 is 0.974 bits per heavy atom. The molecular formula is C56H63ClFN9O8S. The van der Waals surface area contributed by atoms with Gasteiger partial charge in [0.1, 0.15) is 41.9 Å². The number of anilines is 1. The third-order valence-corrected chi connectivity index (χ3v) is 15.6. The number of carbonyl (C=O) groups excluding carboxylic acids is 4. The number of aromatic hydroxyl groups is 1. The Labute approximate surface area is 449 Å². The van der Waals surface area contributed by atoms with Crippen molar-refractivity contribution in [1.82, 2.24) is 40.3 Å². The number of aryl methyl sites for hydroxylation is 1. The van der Waals surface area contributed by atoms with Crippen LogP contribution in [0.5, 0.6) is 11.8 Å². The maximum absolute atomic E-state index is 17.1. The van der Waals surface area contributed by atoms with Gasteiger partial charge in [-0.15, -0.1) is 11.3 Å². The molecule has 2 aromatic heterocycles. The Balaban J connectivity index is 0.817. The van der Waals surface area contributed by atoms with Crippen LogP contribution in [0.1, 0.15) is 58.3 Å². The van der Waals surface area contributed by atoms with Crippen molar-refractivity contribution < 1.29 is 43.3 Å². The Kier molecular flexibility index (Phi) is 16.0. The zero-order valence-electron chi connectivity index (χ0n) is 43.4. The molecule has 3 aliphatic heterocycles. The second-order valence-electron chi connectivity index (χ2n) is 21.0. The molecule has 4 aromatic carbocycles. The van der Waals surface area contributed by atoms with Gasteiger partial charge in [0, 0.05) is 69.7 Å². The Morgan fingerprint density at radius 3 is 2.38 bits per heavy atom. The molecule has 3 aliphatic rings. The van der Waals surface area contributed by atoms with Gasteiger partial charge >= 0.3 is 6.01 Å². The number of thiazole rings is 1. The molecule has 6 aromatic rings. The number of phenolic OH excluding ortho intramolecular Hbond substituents is 1. The van der Waals surface area contributed by atoms with Crippen molar-refractivity contribution in [2.45, 2.75) is 84.4 Å². The summed E-state index contributed by atoms with van der Waals surface area (Å²) in [5, 5.41) is 29.1. The quantitative estimate of drug-likeness (QED) is 0.0719. The number of β-amino-alcohol motifs (C(OH)–C–C–N with tert-alkyl or cyclic N) is 1. The summed E-state index contributed by atoms with van der Waals surface area (Å²) in [6.07, 6.45) is -0.353. The number of benzene rings is 4. The average Bonchev–Trinajstić information content (AvgIpc) is 4.01. The number of aliphatic hydroxyl groups excluding tert-OH is 1. The Bertz CT molecular complexity index is 3180. The first-order valence-corrected chi connectivity index (χ1v) is 26.7. The smallest absolute Gasteiger partial charge is 0.319 e. The number of fused-ring (bicyclic) bond motifs is 2. The van der Waals surface area contributed by atoms with E-state index in [4.69, 9.17) is 26.1 Å². The second kappa shape index (κ2) is 22.4. The summed E-state index contributed by atoms with van der Waals surface area (Å²) in [5.41, 5.74) is 4.35. The van der Waals surface area contributed by atoms with E-state index in [2.05, 4.69) is 32.1 Å². The van der Waals surface area contributed by atoms with Gasteiger partial charge in [0.2, 0.25) is 23.6 Å². The van der Waals surface area contributed by atoms with Crippen molar-refractivity contribution in [2.24, 2.45) is 5.41 Å². The number of aliphatic hydroxyl groups is 1. The molecule has 17 nitrogen and oxygen atoms in total. The van der Waals surface area contributed by atoms with Gasteiger partial charge in [0.05, 0.1) is 39.4 Å². The number of nitrogens with zero attached hydrogens (tertiary/aromatic N) is 7. The van der Waals surface area contributed by atoms with E-state index in [0.29, 0.717) is 73.4 Å². The lowest BCUT2D eigenvalue weighted by molar-refractivity contribution is -0.146. The summed E-state index contributed by atoms with van der Waals surface area (Å²) in [5.74, 6) is -1.92. The first-order valence-electron chi connectivity index (χ1n) is 25.4. The average molecular weight is 1080 g/mol. The molecule has 3 fully saturated rings. The van der Waals surface area contributed by atoms with Crippen molar-refractivity contribution in [3.63, 3.8) is 0 Å². The number of aromatic nitrogens is 3. The minimum Gasteiger partial charge on any atom is -0.508 e. The van der Waals surface area contributed by atoms with Gasteiger partial charge in [0.15, 0.2) is 5.82 Å². The third-order valence-electron chi connectivity index (χ3n) is 14.3. The number of ether oxygens (including phenoxy) is 2. The van der Waals surface area contributed by atoms with Gasteiger partial charge in [0.25, 0.3) is 0 Å². The lowest BCUT2D eigenvalue weighted by Gasteiger charge is -2.40. The van der Waals surface area contributed by atoms with E-state index in [1.54, 1.807) is 33.9 Å². The highest BCUT2D eigenvalue weighted by Gasteiger charge is 2.45. The van der Waals surface area contributed by atoms with Crippen LogP contribution in [0.15, 0.2) is 84.9 Å². The molecular weight excluding hydrogens is 1010 g/mol. The van der Waals surface area contributed by atoms with E-state index >= 15 is 4.39 Å². The minimum absolute atomic E-state index is 0.0242. The number of phenols is 1. The Hall–Kier alpha value is -6.77. The molecule has 0 unspecified atom stereocenters. The number of piperazine rings is 1. The zero-order chi connectivity index (χ0) is 54.2. The van der Waals surface area contributed by atoms with Crippen LogP contribution in [0.4, 0.5) is 10.2 Å². The molecule has 4 N–H and O–H groups in total. The van der Waals surface area contributed by atoms with Crippen LogP contribution in [0.3, 0.4) is 0 Å². The highest BCUT2D eigenvalue weighted by atomic mass is 35.5. The Morgan fingerprint density at radius 2 is 1.70 bits per heavy atom. The van der Waals surface area contributed by atoms with E-state index < -0.39 is 53.2 Å². The van der Waals surface area contributed by atoms with Crippen molar-refractivity contribution >= 4 is 74.1 Å². The maximum Gasteiger partial charge on any atom is 0.319 e. The molecule has 0 bridgehead atoms. The molecule has 5 heterocycles. The van der Waals surface area contributed by atoms with Crippen LogP contribution >= 0.6 is 22.9 Å². The normalized spacial score (nSPS) is 18.6. The van der Waals surface area contributed by atoms with Crippen molar-refractivity contribution in [3.8, 4) is 33.3 Å². The molecule has 0 spiro atoms. The monoisotopic (exact) mass is 1080 g/mol. The SMILES string of the molecule is C=CC(=O)N1CCN(c2nc(O[C@H](C)CN3CC(OCC(=O)N[C@H](C(=O)N4C[C@H](O)C[C@H]4C(=O)N[C@@H](C)c4ccc(-c5scnc5C)cc4)C(C)(C)C)C3)nc3c(F)c(-c4cc(O)cc5ccccc45)c(Cl)cc23)CC1. The van der Waals surface area contributed by atoms with Gasteiger partial charge in [-0.3, -0.25) is 24.1 Å². The number of amides is 4. The largest absolute Gasteiger partial charge is 0.508 e. The molecule has 3 saturated heterocycles. The minimum atomic E-state index is -1.02. The fourth-order valence-electron chi connectivity index (χ4n) is 10.2. The molecule has 76 heavy (non-hydrogen) atoms. The lowest BCUT2D eigenvalue weighted by atomic mass is 9.85. The van der Waals surface area contributed by atoms with Gasteiger partial charge in [-0.1, -0.05) is 87.5 Å². The fraction of sp³-hybridized carbons (Fsp3) is 0.411. The van der Waals surface area contributed by atoms with E-state index in [0.717, 1.165) is 21.7 Å². The molecule has 0 aliphatic carbocycles. The molecule has 5 atom stereocenters. The predicted molar refractivity (Wildman–Crippen MR) is 291 cm³/mol. The number of hydrogen-bond donors (Lipinski definition) is 4. The first kappa shape index (κ1) is 54.0. The fourth-order valence-corrected chi connectivity index (χ4v) is 11.3. The summed E-state index contributed by atoms with van der Waals surface area (Å²) in [6.45, 7) is 17.3. The number of likely N-dealkylation sites (tertiary alicyclic amines) is 2. The standard InChI is InChI=1S/C56H63ClFN9O8S/c1-8-46(71)65-17-19-66(20-18-65)52-42-24-43(57)47(41-22-37(68)21-36-11-9-10-12-40(36)41)48(58)49(42)62-55(63-52)75-31(2)25-64-27-39(28-64)74-29-45(70)61-51(56(5,6)7)54(73)67-26-38(69)23-44(67)53(72)60-32(3)34-13-15-35(16-14-34)50-33(4)59-30-76-50/h8-16,21-22,24,30-32,38-39,44,51,68-69H,1,17-20,23,25-29H2,2-7H3,(H,60,72)(H,61,70)/t31-,32+,38-,44+,51-/m1/s1. The van der Waals surface area contributed by atoms with Crippen LogP contribution in [0.25, 0.3) is 43.2 Å². The number of hydrogen-bond acceptors (Lipinski definition) is 14. The summed E-state index contributed by atoms with van der Waals surface area (Å²) >= 11 is 8.48. The van der Waals surface area contributed by atoms with Crippen molar-refractivity contribution in [3.05, 3.63) is 107 Å². The van der Waals surface area contributed by atoms with Gasteiger partial charge in [-0.25, -0.2) is 9.37 Å². The first-order chi connectivity index (χ1) is 36.3. The van der Waals surface area contributed by atoms with Crippen LogP contribution in [-0.2, 0) is 23.9 Å². The van der Waals surface area contributed by atoms with Crippen molar-refractivity contribution in [2.75, 3.05) is 63.9 Å². The summed E-state index contributed by atoms with van der Waals surface area (Å²) in [7, 11) is 0. The number of nitrogens with one attached hydrogen (secondary N) is 2. The van der Waals surface area contributed by atoms with Crippen molar-refractivity contribution in [1.29, 1.82) is 0 Å².